The summed E-state index contributed by atoms with van der Waals surface area (Å²) in [5.41, 5.74) is 0.300. The van der Waals surface area contributed by atoms with Crippen molar-refractivity contribution in [3.05, 3.63) is 29.8 Å². The number of carbonyl (C=O) groups excluding carboxylic acids is 3. The molecular formula is C25H30N6O4. The van der Waals surface area contributed by atoms with Gasteiger partial charge in [0.15, 0.2) is 0 Å². The van der Waals surface area contributed by atoms with E-state index in [-0.39, 0.29) is 24.4 Å². The SMILES string of the molecule is CC(C)(C)OC(=O)N[C@@H](CN1C[C@H]2C[C@@H]1C(=O)N2c1ccccc1C#N)C(=O)N1CCC[C@H]1C#N. The summed E-state index contributed by atoms with van der Waals surface area (Å²) in [4.78, 5) is 44.3. The number of para-hydroxylation sites is 1. The van der Waals surface area contributed by atoms with Crippen LogP contribution in [0.25, 0.3) is 0 Å². The van der Waals surface area contributed by atoms with E-state index in [0.29, 0.717) is 37.2 Å². The first-order valence-electron chi connectivity index (χ1n) is 11.9. The number of fused-ring (bicyclic) bond motifs is 2. The average Bonchev–Trinajstić information content (AvgIpc) is 3.51. The largest absolute Gasteiger partial charge is 0.444 e. The molecule has 0 spiro atoms. The molecule has 4 rings (SSSR count). The van der Waals surface area contributed by atoms with Crippen molar-refractivity contribution < 1.29 is 19.1 Å². The van der Waals surface area contributed by atoms with E-state index < -0.39 is 29.8 Å². The number of nitrogens with zero attached hydrogens (tertiary/aromatic N) is 5. The molecule has 35 heavy (non-hydrogen) atoms. The van der Waals surface area contributed by atoms with E-state index in [2.05, 4.69) is 17.5 Å². The number of hydrogen-bond acceptors (Lipinski definition) is 7. The fourth-order valence-corrected chi connectivity index (χ4v) is 5.19. The van der Waals surface area contributed by atoms with E-state index in [1.165, 1.54) is 4.90 Å². The minimum atomic E-state index is -0.953. The standard InChI is InChI=1S/C25H30N6O4/c1-25(2,3)35-24(34)28-19(22(32)30-10-6-8-17(30)13-27)15-29-14-18-11-21(29)23(33)31(18)20-9-5-4-7-16(20)12-26/h4-5,7,9,17-19,21H,6,8,10-11,14-15H2,1-3H3,(H,28,34)/t17-,18+,19-,21+/m0/s1. The number of carbonyl (C=O) groups is 3. The van der Waals surface area contributed by atoms with Crippen LogP contribution in [0.5, 0.6) is 0 Å². The van der Waals surface area contributed by atoms with Gasteiger partial charge in [-0.3, -0.25) is 14.5 Å². The van der Waals surface area contributed by atoms with Crippen molar-refractivity contribution in [2.75, 3.05) is 24.5 Å². The number of nitrogens with one attached hydrogen (secondary N) is 1. The van der Waals surface area contributed by atoms with E-state index in [0.717, 1.165) is 6.42 Å². The summed E-state index contributed by atoms with van der Waals surface area (Å²) in [5, 5.41) is 21.6. The molecule has 3 aliphatic heterocycles. The fraction of sp³-hybridized carbons (Fsp3) is 0.560. The highest BCUT2D eigenvalue weighted by molar-refractivity contribution is 6.02. The maximum Gasteiger partial charge on any atom is 0.408 e. The molecule has 0 aromatic heterocycles. The molecular weight excluding hydrogens is 448 g/mol. The topological polar surface area (TPSA) is 130 Å². The molecule has 1 aromatic carbocycles. The van der Waals surface area contributed by atoms with Crippen LogP contribution in [0.15, 0.2) is 24.3 Å². The Morgan fingerprint density at radius 2 is 2.00 bits per heavy atom. The molecule has 4 atom stereocenters. The van der Waals surface area contributed by atoms with Gasteiger partial charge in [0.25, 0.3) is 0 Å². The van der Waals surface area contributed by atoms with Crippen molar-refractivity contribution in [2.24, 2.45) is 0 Å². The molecule has 0 radical (unpaired) electrons. The number of hydrogen-bond donors (Lipinski definition) is 1. The summed E-state index contributed by atoms with van der Waals surface area (Å²) in [7, 11) is 0. The Hall–Kier alpha value is -3.63. The smallest absolute Gasteiger partial charge is 0.408 e. The summed E-state index contributed by atoms with van der Waals surface area (Å²) in [6.45, 7) is 6.31. The summed E-state index contributed by atoms with van der Waals surface area (Å²) in [6, 6.07) is 9.27. The van der Waals surface area contributed by atoms with Crippen LogP contribution in [-0.2, 0) is 14.3 Å². The molecule has 1 aromatic rings. The Kier molecular flexibility index (Phi) is 6.68. The molecule has 1 N–H and O–H groups in total. The Bertz CT molecular complexity index is 1100. The van der Waals surface area contributed by atoms with Gasteiger partial charge in [-0.2, -0.15) is 10.5 Å². The molecule has 2 bridgehead atoms. The van der Waals surface area contributed by atoms with Gasteiger partial charge in [0.05, 0.1) is 29.4 Å². The molecule has 3 heterocycles. The quantitative estimate of drug-likeness (QED) is 0.682. The minimum absolute atomic E-state index is 0.122. The highest BCUT2D eigenvalue weighted by atomic mass is 16.6. The number of anilines is 1. The monoisotopic (exact) mass is 478 g/mol. The van der Waals surface area contributed by atoms with Crippen molar-refractivity contribution in [1.29, 1.82) is 10.5 Å². The minimum Gasteiger partial charge on any atom is -0.444 e. The van der Waals surface area contributed by atoms with Crippen LogP contribution in [0, 0.1) is 22.7 Å². The summed E-state index contributed by atoms with van der Waals surface area (Å²) < 4.78 is 5.37. The predicted octanol–water partition coefficient (Wildman–Crippen LogP) is 1.76. The highest BCUT2D eigenvalue weighted by Gasteiger charge is 2.51. The second-order valence-electron chi connectivity index (χ2n) is 10.2. The fourth-order valence-electron chi connectivity index (χ4n) is 5.19. The van der Waals surface area contributed by atoms with Crippen molar-refractivity contribution >= 4 is 23.6 Å². The molecule has 0 saturated carbocycles. The first-order valence-corrected chi connectivity index (χ1v) is 11.9. The third-order valence-electron chi connectivity index (χ3n) is 6.64. The Morgan fingerprint density at radius 1 is 1.26 bits per heavy atom. The number of benzene rings is 1. The summed E-state index contributed by atoms with van der Waals surface area (Å²) in [5.74, 6) is -0.467. The number of nitriles is 2. The van der Waals surface area contributed by atoms with Gasteiger partial charge in [0.2, 0.25) is 11.8 Å². The van der Waals surface area contributed by atoms with E-state index in [9.17, 15) is 24.9 Å². The van der Waals surface area contributed by atoms with Gasteiger partial charge < -0.3 is 19.9 Å². The molecule has 10 nitrogen and oxygen atoms in total. The van der Waals surface area contributed by atoms with Crippen LogP contribution in [-0.4, -0.2) is 77.1 Å². The second kappa shape index (κ2) is 9.55. The zero-order valence-electron chi connectivity index (χ0n) is 20.2. The first kappa shape index (κ1) is 24.5. The summed E-state index contributed by atoms with van der Waals surface area (Å²) in [6.07, 6.45) is 1.19. The number of alkyl carbamates (subject to hydrolysis) is 1. The number of rotatable bonds is 5. The second-order valence-corrected chi connectivity index (χ2v) is 10.2. The number of ether oxygens (including phenoxy) is 1. The lowest BCUT2D eigenvalue weighted by molar-refractivity contribution is -0.135. The van der Waals surface area contributed by atoms with Gasteiger partial charge in [-0.1, -0.05) is 12.1 Å². The lowest BCUT2D eigenvalue weighted by Gasteiger charge is -2.36. The van der Waals surface area contributed by atoms with Crippen LogP contribution < -0.4 is 10.2 Å². The zero-order chi connectivity index (χ0) is 25.3. The van der Waals surface area contributed by atoms with Crippen molar-refractivity contribution in [3.63, 3.8) is 0 Å². The Balaban J connectivity index is 1.51. The zero-order valence-corrected chi connectivity index (χ0v) is 20.2. The first-order chi connectivity index (χ1) is 16.6. The van der Waals surface area contributed by atoms with E-state index in [4.69, 9.17) is 4.74 Å². The van der Waals surface area contributed by atoms with Gasteiger partial charge in [-0.25, -0.2) is 4.79 Å². The lowest BCUT2D eigenvalue weighted by Crippen LogP contribution is -2.59. The van der Waals surface area contributed by atoms with Crippen LogP contribution in [0.4, 0.5) is 10.5 Å². The number of likely N-dealkylation sites (tertiary alicyclic amines) is 2. The van der Waals surface area contributed by atoms with Gasteiger partial charge >= 0.3 is 6.09 Å². The van der Waals surface area contributed by atoms with Crippen molar-refractivity contribution in [1.82, 2.24) is 15.1 Å². The van der Waals surface area contributed by atoms with Crippen molar-refractivity contribution in [2.45, 2.75) is 69.8 Å². The Morgan fingerprint density at radius 3 is 2.66 bits per heavy atom. The van der Waals surface area contributed by atoms with Gasteiger partial charge in [0.1, 0.15) is 23.8 Å². The molecule has 0 aliphatic carbocycles. The van der Waals surface area contributed by atoms with Crippen LogP contribution in [0.2, 0.25) is 0 Å². The average molecular weight is 479 g/mol. The molecule has 184 valence electrons. The van der Waals surface area contributed by atoms with Gasteiger partial charge in [-0.15, -0.1) is 0 Å². The molecule has 3 saturated heterocycles. The van der Waals surface area contributed by atoms with Gasteiger partial charge in [-0.05, 0) is 52.2 Å². The van der Waals surface area contributed by atoms with Crippen LogP contribution in [0.3, 0.4) is 0 Å². The van der Waals surface area contributed by atoms with E-state index in [1.807, 2.05) is 4.90 Å². The van der Waals surface area contributed by atoms with Gasteiger partial charge in [0, 0.05) is 19.6 Å². The van der Waals surface area contributed by atoms with E-state index >= 15 is 0 Å². The molecule has 3 amide bonds. The maximum absolute atomic E-state index is 13.4. The lowest BCUT2D eigenvalue weighted by atomic mass is 10.1. The maximum atomic E-state index is 13.4. The van der Waals surface area contributed by atoms with Crippen molar-refractivity contribution in [3.8, 4) is 12.1 Å². The molecule has 0 unspecified atom stereocenters. The number of amides is 3. The number of piperazine rings is 1. The van der Waals surface area contributed by atoms with E-state index in [1.54, 1.807) is 49.9 Å². The third-order valence-corrected chi connectivity index (χ3v) is 6.64. The third kappa shape index (κ3) is 4.94. The predicted molar refractivity (Wildman–Crippen MR) is 126 cm³/mol. The van der Waals surface area contributed by atoms with Crippen LogP contribution in [0.1, 0.15) is 45.6 Å². The normalized spacial score (nSPS) is 24.7. The molecule has 3 aliphatic rings. The molecule has 10 heteroatoms. The highest BCUT2D eigenvalue weighted by Crippen LogP contribution is 2.37. The van der Waals surface area contributed by atoms with Crippen LogP contribution >= 0.6 is 0 Å². The summed E-state index contributed by atoms with van der Waals surface area (Å²) >= 11 is 0. The Labute approximate surface area is 205 Å². The molecule has 3 fully saturated rings.